The zero-order valence-electron chi connectivity index (χ0n) is 18.0. The summed E-state index contributed by atoms with van der Waals surface area (Å²) >= 11 is 1.61. The van der Waals surface area contributed by atoms with Crippen LogP contribution in [0.25, 0.3) is 0 Å². The van der Waals surface area contributed by atoms with Gasteiger partial charge in [-0.05, 0) is 70.2 Å². The minimum atomic E-state index is -1.07. The van der Waals surface area contributed by atoms with Gasteiger partial charge < -0.3 is 25.4 Å². The Morgan fingerprint density at radius 1 is 1.30 bits per heavy atom. The number of ether oxygens (including phenoxy) is 1. The predicted octanol–water partition coefficient (Wildman–Crippen LogP) is 3.82. The molecular weight excluding hydrogens is 406 g/mol. The first-order chi connectivity index (χ1) is 14.1. The van der Waals surface area contributed by atoms with E-state index in [1.165, 1.54) is 0 Å². The normalized spacial score (nSPS) is 14.6. The van der Waals surface area contributed by atoms with Gasteiger partial charge in [-0.1, -0.05) is 6.07 Å². The molecule has 1 heterocycles. The fourth-order valence-corrected chi connectivity index (χ4v) is 3.75. The van der Waals surface area contributed by atoms with Crippen LogP contribution in [0.5, 0.6) is 0 Å². The summed E-state index contributed by atoms with van der Waals surface area (Å²) in [5.74, 6) is 0.406. The van der Waals surface area contributed by atoms with Crippen LogP contribution in [0.3, 0.4) is 0 Å². The summed E-state index contributed by atoms with van der Waals surface area (Å²) in [5.41, 5.74) is -0.659. The van der Waals surface area contributed by atoms with Crippen LogP contribution in [0.15, 0.2) is 17.5 Å². The average Bonchev–Trinajstić information content (AvgIpc) is 3.30. The van der Waals surface area contributed by atoms with E-state index in [4.69, 9.17) is 9.84 Å². The monoisotopic (exact) mass is 439 g/mol. The lowest BCUT2D eigenvalue weighted by Crippen LogP contribution is -2.50. The van der Waals surface area contributed by atoms with Crippen molar-refractivity contribution in [3.8, 4) is 0 Å². The van der Waals surface area contributed by atoms with Gasteiger partial charge in [0.05, 0.1) is 6.54 Å². The van der Waals surface area contributed by atoms with Crippen LogP contribution in [0, 0.1) is 5.92 Å². The molecule has 1 fully saturated rings. The summed E-state index contributed by atoms with van der Waals surface area (Å²) in [4.78, 5) is 39.2. The third-order valence-electron chi connectivity index (χ3n) is 4.60. The van der Waals surface area contributed by atoms with Gasteiger partial charge in [0.25, 0.3) is 0 Å². The summed E-state index contributed by atoms with van der Waals surface area (Å²) in [7, 11) is 0. The number of hydrogen-bond donors (Lipinski definition) is 3. The van der Waals surface area contributed by atoms with Gasteiger partial charge in [-0.25, -0.2) is 9.59 Å². The Balaban J connectivity index is 2.02. The van der Waals surface area contributed by atoms with Gasteiger partial charge >= 0.3 is 12.2 Å². The number of hydrogen-bond acceptors (Lipinski definition) is 5. The molecule has 1 aliphatic carbocycles. The highest BCUT2D eigenvalue weighted by molar-refractivity contribution is 7.09. The number of carboxylic acid groups (broad SMARTS) is 1. The van der Waals surface area contributed by atoms with Crippen molar-refractivity contribution in [2.75, 3.05) is 13.1 Å². The lowest BCUT2D eigenvalue weighted by molar-refractivity contribution is -0.134. The molecule has 0 unspecified atom stereocenters. The minimum absolute atomic E-state index is 0.118. The molecule has 30 heavy (non-hydrogen) atoms. The Bertz CT molecular complexity index is 698. The summed E-state index contributed by atoms with van der Waals surface area (Å²) in [6.07, 6.45) is 2.17. The number of unbranched alkanes of at least 4 members (excludes halogenated alkanes) is 1. The highest BCUT2D eigenvalue weighted by Gasteiger charge is 2.32. The predicted molar refractivity (Wildman–Crippen MR) is 115 cm³/mol. The molecule has 1 atom stereocenters. The minimum Gasteiger partial charge on any atom is -0.465 e. The summed E-state index contributed by atoms with van der Waals surface area (Å²) in [5, 5.41) is 15.7. The van der Waals surface area contributed by atoms with Crippen molar-refractivity contribution in [2.45, 2.75) is 71.1 Å². The van der Waals surface area contributed by atoms with Gasteiger partial charge in [0.1, 0.15) is 11.6 Å². The molecule has 0 bridgehead atoms. The number of nitrogens with zero attached hydrogens (tertiary/aromatic N) is 1. The maximum absolute atomic E-state index is 13.4. The Labute approximate surface area is 182 Å². The first kappa shape index (κ1) is 24.0. The molecule has 0 saturated heterocycles. The second-order valence-electron chi connectivity index (χ2n) is 8.67. The van der Waals surface area contributed by atoms with Crippen molar-refractivity contribution < 1.29 is 24.2 Å². The first-order valence-corrected chi connectivity index (χ1v) is 11.3. The van der Waals surface area contributed by atoms with Gasteiger partial charge in [-0.2, -0.15) is 0 Å². The lowest BCUT2D eigenvalue weighted by atomic mass is 10.1. The van der Waals surface area contributed by atoms with Crippen LogP contribution >= 0.6 is 11.3 Å². The summed E-state index contributed by atoms with van der Waals surface area (Å²) in [6.45, 7) is 6.85. The highest BCUT2D eigenvalue weighted by Crippen LogP contribution is 2.31. The molecule has 0 spiro atoms. The fourth-order valence-electron chi connectivity index (χ4n) is 3.03. The number of rotatable bonds is 11. The molecular formula is C21H33N3O5S. The van der Waals surface area contributed by atoms with Crippen LogP contribution in [-0.2, 0) is 16.1 Å². The van der Waals surface area contributed by atoms with E-state index in [0.717, 1.165) is 17.7 Å². The van der Waals surface area contributed by atoms with E-state index in [0.29, 0.717) is 44.8 Å². The third-order valence-corrected chi connectivity index (χ3v) is 5.46. The number of alkyl carbamates (subject to hydrolysis) is 1. The van der Waals surface area contributed by atoms with E-state index in [1.54, 1.807) is 32.1 Å². The number of nitrogens with one attached hydrogen (secondary N) is 2. The third kappa shape index (κ3) is 9.47. The maximum Gasteiger partial charge on any atom is 0.408 e. The SMILES string of the molecule is CC(C)(C)OC(=O)N[C@@H](CCCCNC(=O)O)C(=O)N(Cc1cccs1)CC1CC1. The molecule has 2 rings (SSSR count). The van der Waals surface area contributed by atoms with Gasteiger partial charge in [0.15, 0.2) is 0 Å². The van der Waals surface area contributed by atoms with Crippen molar-refractivity contribution >= 4 is 29.4 Å². The molecule has 3 N–H and O–H groups in total. The van der Waals surface area contributed by atoms with Crippen LogP contribution < -0.4 is 10.6 Å². The van der Waals surface area contributed by atoms with Crippen LogP contribution in [0.1, 0.15) is 57.8 Å². The molecule has 1 aromatic rings. The van der Waals surface area contributed by atoms with Gasteiger partial charge in [-0.15, -0.1) is 11.3 Å². The Morgan fingerprint density at radius 2 is 2.03 bits per heavy atom. The van der Waals surface area contributed by atoms with E-state index < -0.39 is 23.8 Å². The van der Waals surface area contributed by atoms with E-state index in [1.807, 2.05) is 22.4 Å². The second kappa shape index (κ2) is 11.2. The molecule has 1 saturated carbocycles. The van der Waals surface area contributed by atoms with E-state index in [-0.39, 0.29) is 5.91 Å². The van der Waals surface area contributed by atoms with E-state index in [2.05, 4.69) is 10.6 Å². The van der Waals surface area contributed by atoms with Crippen molar-refractivity contribution in [1.29, 1.82) is 0 Å². The second-order valence-corrected chi connectivity index (χ2v) is 9.70. The van der Waals surface area contributed by atoms with Crippen LogP contribution in [0.2, 0.25) is 0 Å². The molecule has 1 aromatic heterocycles. The molecule has 1 aliphatic rings. The zero-order chi connectivity index (χ0) is 22.1. The first-order valence-electron chi connectivity index (χ1n) is 10.4. The molecule has 0 radical (unpaired) electrons. The van der Waals surface area contributed by atoms with E-state index in [9.17, 15) is 14.4 Å². The quantitative estimate of drug-likeness (QED) is 0.454. The van der Waals surface area contributed by atoms with Gasteiger partial charge in [0, 0.05) is 18.0 Å². The number of carbonyl (C=O) groups is 3. The molecule has 0 aliphatic heterocycles. The van der Waals surface area contributed by atoms with E-state index >= 15 is 0 Å². The number of amides is 3. The van der Waals surface area contributed by atoms with Crippen molar-refractivity contribution in [1.82, 2.24) is 15.5 Å². The van der Waals surface area contributed by atoms with Gasteiger partial charge in [-0.3, -0.25) is 4.79 Å². The van der Waals surface area contributed by atoms with Crippen LogP contribution in [-0.4, -0.2) is 52.8 Å². The Kier molecular flexibility index (Phi) is 8.95. The molecule has 168 valence electrons. The maximum atomic E-state index is 13.4. The Hall–Kier alpha value is -2.29. The summed E-state index contributed by atoms with van der Waals surface area (Å²) < 4.78 is 5.35. The fraction of sp³-hybridized carbons (Fsp3) is 0.667. The smallest absolute Gasteiger partial charge is 0.408 e. The zero-order valence-corrected chi connectivity index (χ0v) is 18.8. The number of thiophene rings is 1. The molecule has 0 aromatic carbocycles. The van der Waals surface area contributed by atoms with Gasteiger partial charge in [0.2, 0.25) is 5.91 Å². The van der Waals surface area contributed by atoms with Crippen LogP contribution in [0.4, 0.5) is 9.59 Å². The van der Waals surface area contributed by atoms with Crippen molar-refractivity contribution in [3.63, 3.8) is 0 Å². The summed E-state index contributed by atoms with van der Waals surface area (Å²) in [6, 6.07) is 3.26. The topological polar surface area (TPSA) is 108 Å². The van der Waals surface area contributed by atoms with Crippen molar-refractivity contribution in [2.24, 2.45) is 5.92 Å². The highest BCUT2D eigenvalue weighted by atomic mass is 32.1. The number of carbonyl (C=O) groups excluding carboxylic acids is 2. The average molecular weight is 440 g/mol. The van der Waals surface area contributed by atoms with Crippen molar-refractivity contribution in [3.05, 3.63) is 22.4 Å². The lowest BCUT2D eigenvalue weighted by Gasteiger charge is -2.29. The molecule has 9 heteroatoms. The largest absolute Gasteiger partial charge is 0.465 e. The standard InChI is InChI=1S/C21H33N3O5S/c1-21(2,3)29-20(28)23-17(8-4-5-11-22-19(26)27)18(25)24(13-15-9-10-15)14-16-7-6-12-30-16/h6-7,12,15,17,22H,4-5,8-11,13-14H2,1-3H3,(H,23,28)(H,26,27)/t17-/m0/s1. The molecule has 3 amide bonds. The Morgan fingerprint density at radius 3 is 2.60 bits per heavy atom. The molecule has 8 nitrogen and oxygen atoms in total.